The molecule has 1 amide bonds. The summed E-state index contributed by atoms with van der Waals surface area (Å²) in [6.07, 6.45) is -0.711. The first-order valence-electron chi connectivity index (χ1n) is 8.33. The molecular weight excluding hydrogens is 354 g/mol. The van der Waals surface area contributed by atoms with Gasteiger partial charge >= 0.3 is 5.97 Å². The van der Waals surface area contributed by atoms with Crippen LogP contribution in [0.25, 0.3) is 0 Å². The number of esters is 1. The first-order chi connectivity index (χ1) is 12.3. The van der Waals surface area contributed by atoms with E-state index in [0.717, 1.165) is 11.1 Å². The third kappa shape index (κ3) is 4.99. The van der Waals surface area contributed by atoms with Gasteiger partial charge in [0.25, 0.3) is 5.91 Å². The van der Waals surface area contributed by atoms with Gasteiger partial charge in [-0.2, -0.15) is 0 Å². The molecule has 2 aromatic carbocycles. The number of hydrogen-bond donors (Lipinski definition) is 1. The number of amides is 1. The molecule has 1 N–H and O–H groups in total. The molecule has 0 saturated heterocycles. The molecule has 0 heterocycles. The minimum atomic E-state index is -0.711. The zero-order chi connectivity index (χ0) is 19.3. The van der Waals surface area contributed by atoms with Gasteiger partial charge in [0.2, 0.25) is 0 Å². The van der Waals surface area contributed by atoms with Crippen molar-refractivity contribution in [3.8, 4) is 5.75 Å². The first kappa shape index (κ1) is 19.8. The van der Waals surface area contributed by atoms with E-state index in [-0.39, 0.29) is 23.1 Å². The number of rotatable bonds is 6. The van der Waals surface area contributed by atoms with E-state index in [0.29, 0.717) is 11.4 Å². The summed E-state index contributed by atoms with van der Waals surface area (Å²) < 4.78 is 10.7. The van der Waals surface area contributed by atoms with Crippen molar-refractivity contribution in [3.05, 3.63) is 58.1 Å². The van der Waals surface area contributed by atoms with Crippen molar-refractivity contribution in [3.63, 3.8) is 0 Å². The molecule has 0 aliphatic carbocycles. The van der Waals surface area contributed by atoms with E-state index in [1.807, 2.05) is 32.0 Å². The Hall–Kier alpha value is -2.53. The zero-order valence-electron chi connectivity index (χ0n) is 15.3. The number of ether oxygens (including phenoxy) is 2. The Balaban J connectivity index is 2.10. The molecule has 0 unspecified atom stereocenters. The fourth-order valence-corrected chi connectivity index (χ4v) is 2.49. The summed E-state index contributed by atoms with van der Waals surface area (Å²) in [5, 5.41) is 3.00. The van der Waals surface area contributed by atoms with Gasteiger partial charge in [0.1, 0.15) is 5.75 Å². The average molecular weight is 376 g/mol. The van der Waals surface area contributed by atoms with Crippen LogP contribution in [0.1, 0.15) is 35.3 Å². The van der Waals surface area contributed by atoms with Crippen molar-refractivity contribution in [2.24, 2.45) is 0 Å². The van der Waals surface area contributed by atoms with E-state index in [1.54, 1.807) is 26.0 Å². The molecule has 0 aliphatic heterocycles. The molecule has 0 aliphatic rings. The second-order valence-corrected chi connectivity index (χ2v) is 6.34. The van der Waals surface area contributed by atoms with Gasteiger partial charge in [-0.25, -0.2) is 4.79 Å². The number of carbonyl (C=O) groups excluding carboxylic acids is 2. The summed E-state index contributed by atoms with van der Waals surface area (Å²) in [6, 6.07) is 10.5. The molecule has 6 heteroatoms. The fraction of sp³-hybridized carbons (Fsp3) is 0.300. The van der Waals surface area contributed by atoms with Gasteiger partial charge < -0.3 is 14.8 Å². The Morgan fingerprint density at radius 1 is 1.15 bits per heavy atom. The van der Waals surface area contributed by atoms with Crippen molar-refractivity contribution >= 4 is 29.2 Å². The molecule has 0 spiro atoms. The average Bonchev–Trinajstić information content (AvgIpc) is 2.59. The maximum atomic E-state index is 12.4. The second kappa shape index (κ2) is 8.72. The number of hydrogen-bond acceptors (Lipinski definition) is 4. The second-order valence-electron chi connectivity index (χ2n) is 5.93. The first-order valence-corrected chi connectivity index (χ1v) is 8.71. The lowest BCUT2D eigenvalue weighted by atomic mass is 10.1. The maximum absolute atomic E-state index is 12.4. The van der Waals surface area contributed by atoms with Crippen molar-refractivity contribution < 1.29 is 19.1 Å². The lowest BCUT2D eigenvalue weighted by Crippen LogP contribution is -2.30. The molecule has 5 nitrogen and oxygen atoms in total. The lowest BCUT2D eigenvalue weighted by molar-refractivity contribution is -0.122. The van der Waals surface area contributed by atoms with Crippen molar-refractivity contribution in [1.29, 1.82) is 0 Å². The number of benzene rings is 2. The Kier molecular flexibility index (Phi) is 6.64. The minimum absolute atomic E-state index is 0.203. The predicted molar refractivity (Wildman–Crippen MR) is 102 cm³/mol. The van der Waals surface area contributed by atoms with E-state index in [4.69, 9.17) is 21.1 Å². The Labute approximate surface area is 158 Å². The third-order valence-electron chi connectivity index (χ3n) is 3.75. The van der Waals surface area contributed by atoms with Crippen molar-refractivity contribution in [2.45, 2.75) is 33.8 Å². The molecule has 0 radical (unpaired) electrons. The number of halogens is 1. The molecule has 26 heavy (non-hydrogen) atoms. The highest BCUT2D eigenvalue weighted by atomic mass is 35.5. The molecule has 0 saturated carbocycles. The van der Waals surface area contributed by atoms with Crippen LogP contribution in [0.4, 0.5) is 5.69 Å². The number of carbonyl (C=O) groups is 2. The van der Waals surface area contributed by atoms with Gasteiger partial charge in [0.15, 0.2) is 6.10 Å². The van der Waals surface area contributed by atoms with Gasteiger partial charge in [-0.15, -0.1) is 0 Å². The van der Waals surface area contributed by atoms with Crippen LogP contribution in [0.3, 0.4) is 0 Å². The van der Waals surface area contributed by atoms with Crippen molar-refractivity contribution in [2.75, 3.05) is 11.9 Å². The third-order valence-corrected chi connectivity index (χ3v) is 4.08. The van der Waals surface area contributed by atoms with Crippen LogP contribution in [0, 0.1) is 13.8 Å². The predicted octanol–water partition coefficient (Wildman–Crippen LogP) is 4.54. The quantitative estimate of drug-likeness (QED) is 0.753. The standard InChI is InChI=1S/C20H22ClNO4/c1-5-25-20(24)16-11-15(8-9-17(16)21)22-19(23)14(4)26-18-10-12(2)6-7-13(18)3/h6-11,14H,5H2,1-4H3,(H,22,23)/t14-/m1/s1. The molecular formula is C20H22ClNO4. The zero-order valence-corrected chi connectivity index (χ0v) is 16.0. The summed E-state index contributed by atoms with van der Waals surface area (Å²) in [5.41, 5.74) is 2.65. The number of aryl methyl sites for hydroxylation is 2. The van der Waals surface area contributed by atoms with E-state index >= 15 is 0 Å². The van der Waals surface area contributed by atoms with Gasteiger partial charge in [-0.05, 0) is 63.1 Å². The van der Waals surface area contributed by atoms with Gasteiger partial charge in [-0.3, -0.25) is 4.79 Å². The number of nitrogens with one attached hydrogen (secondary N) is 1. The monoisotopic (exact) mass is 375 g/mol. The SMILES string of the molecule is CCOC(=O)c1cc(NC(=O)[C@@H](C)Oc2cc(C)ccc2C)ccc1Cl. The molecule has 2 aromatic rings. The van der Waals surface area contributed by atoms with Crippen LogP contribution in [0.5, 0.6) is 5.75 Å². The summed E-state index contributed by atoms with van der Waals surface area (Å²) in [5.74, 6) is -0.202. The smallest absolute Gasteiger partial charge is 0.339 e. The Morgan fingerprint density at radius 2 is 1.88 bits per heavy atom. The van der Waals surface area contributed by atoms with E-state index in [2.05, 4.69) is 5.32 Å². The van der Waals surface area contributed by atoms with Gasteiger partial charge in [-0.1, -0.05) is 23.7 Å². The maximum Gasteiger partial charge on any atom is 0.339 e. The molecule has 0 fully saturated rings. The van der Waals surface area contributed by atoms with Crippen LogP contribution in [-0.2, 0) is 9.53 Å². The fourth-order valence-electron chi connectivity index (χ4n) is 2.29. The summed E-state index contributed by atoms with van der Waals surface area (Å²) in [4.78, 5) is 24.3. The molecule has 0 aromatic heterocycles. The van der Waals surface area contributed by atoms with Crippen LogP contribution in [0.2, 0.25) is 5.02 Å². The van der Waals surface area contributed by atoms with Gasteiger partial charge in [0, 0.05) is 5.69 Å². The highest BCUT2D eigenvalue weighted by molar-refractivity contribution is 6.33. The van der Waals surface area contributed by atoms with Gasteiger partial charge in [0.05, 0.1) is 17.2 Å². The molecule has 1 atom stereocenters. The van der Waals surface area contributed by atoms with Crippen LogP contribution >= 0.6 is 11.6 Å². The Morgan fingerprint density at radius 3 is 2.58 bits per heavy atom. The van der Waals surface area contributed by atoms with Crippen molar-refractivity contribution in [1.82, 2.24) is 0 Å². The topological polar surface area (TPSA) is 64.6 Å². The molecule has 2 rings (SSSR count). The summed E-state index contributed by atoms with van der Waals surface area (Å²) in [7, 11) is 0. The summed E-state index contributed by atoms with van der Waals surface area (Å²) >= 11 is 6.03. The normalized spacial score (nSPS) is 11.6. The van der Waals surface area contributed by atoms with E-state index in [1.165, 1.54) is 6.07 Å². The Bertz CT molecular complexity index is 819. The minimum Gasteiger partial charge on any atom is -0.481 e. The van der Waals surface area contributed by atoms with Crippen LogP contribution in [-0.4, -0.2) is 24.6 Å². The number of anilines is 1. The highest BCUT2D eigenvalue weighted by Crippen LogP contribution is 2.23. The largest absolute Gasteiger partial charge is 0.481 e. The summed E-state index contributed by atoms with van der Waals surface area (Å²) in [6.45, 7) is 7.50. The van der Waals surface area contributed by atoms with Crippen LogP contribution in [0.15, 0.2) is 36.4 Å². The van der Waals surface area contributed by atoms with Crippen LogP contribution < -0.4 is 10.1 Å². The molecule has 0 bridgehead atoms. The lowest BCUT2D eigenvalue weighted by Gasteiger charge is -2.17. The highest BCUT2D eigenvalue weighted by Gasteiger charge is 2.18. The molecule has 138 valence electrons. The van der Waals surface area contributed by atoms with E-state index < -0.39 is 12.1 Å². The van der Waals surface area contributed by atoms with E-state index in [9.17, 15) is 9.59 Å².